The van der Waals surface area contributed by atoms with Gasteiger partial charge in [-0.25, -0.2) is 0 Å². The van der Waals surface area contributed by atoms with E-state index in [9.17, 15) is 0 Å². The molecule has 1 unspecified atom stereocenters. The molecule has 0 radical (unpaired) electrons. The van der Waals surface area contributed by atoms with Crippen LogP contribution < -0.4 is 5.32 Å². The van der Waals surface area contributed by atoms with E-state index in [1.807, 2.05) is 0 Å². The molecule has 1 aliphatic rings. The van der Waals surface area contributed by atoms with E-state index < -0.39 is 0 Å². The van der Waals surface area contributed by atoms with Gasteiger partial charge in [-0.3, -0.25) is 0 Å². The summed E-state index contributed by atoms with van der Waals surface area (Å²) in [6.07, 6.45) is 6.71. The van der Waals surface area contributed by atoms with Crippen LogP contribution in [-0.4, -0.2) is 6.54 Å². The van der Waals surface area contributed by atoms with Gasteiger partial charge in [0, 0.05) is 11.1 Å². The Kier molecular flexibility index (Phi) is 5.14. The van der Waals surface area contributed by atoms with Crippen molar-refractivity contribution < 1.29 is 0 Å². The van der Waals surface area contributed by atoms with Gasteiger partial charge >= 0.3 is 0 Å². The fourth-order valence-electron chi connectivity index (χ4n) is 3.90. The molecular weight excluding hydrogens is 266 g/mol. The average Bonchev–Trinajstić information content (AvgIpc) is 2.90. The summed E-state index contributed by atoms with van der Waals surface area (Å²) < 4.78 is 0. The number of benzene rings is 1. The predicted octanol–water partition coefficient (Wildman–Crippen LogP) is 5.58. The summed E-state index contributed by atoms with van der Waals surface area (Å²) in [6, 6.07) is 4.91. The van der Waals surface area contributed by atoms with Crippen molar-refractivity contribution in [3.8, 4) is 0 Å². The van der Waals surface area contributed by atoms with Crippen LogP contribution in [0.25, 0.3) is 0 Å². The predicted molar refractivity (Wildman–Crippen MR) is 88.5 cm³/mol. The lowest BCUT2D eigenvalue weighted by Crippen LogP contribution is -2.36. The second-order valence-electron chi connectivity index (χ2n) is 6.37. The van der Waals surface area contributed by atoms with Crippen LogP contribution in [0.15, 0.2) is 12.1 Å². The van der Waals surface area contributed by atoms with Gasteiger partial charge in [0.05, 0.1) is 0 Å². The van der Waals surface area contributed by atoms with Gasteiger partial charge in [0.25, 0.3) is 0 Å². The first-order valence-corrected chi connectivity index (χ1v) is 8.42. The Morgan fingerprint density at radius 3 is 2.35 bits per heavy atom. The zero-order chi connectivity index (χ0) is 14.8. The first-order chi connectivity index (χ1) is 9.54. The van der Waals surface area contributed by atoms with Crippen molar-refractivity contribution in [2.24, 2.45) is 5.41 Å². The summed E-state index contributed by atoms with van der Waals surface area (Å²) in [5.41, 5.74) is 4.41. The normalized spacial score (nSPS) is 19.2. The Bertz CT molecular complexity index is 461. The molecule has 2 rings (SSSR count). The van der Waals surface area contributed by atoms with Crippen molar-refractivity contribution in [2.45, 2.75) is 65.8 Å². The van der Waals surface area contributed by atoms with E-state index in [0.717, 1.165) is 11.6 Å². The summed E-state index contributed by atoms with van der Waals surface area (Å²) in [5.74, 6) is 0. The molecule has 1 N–H and O–H groups in total. The molecule has 1 atom stereocenters. The highest BCUT2D eigenvalue weighted by Gasteiger charge is 2.40. The Labute approximate surface area is 129 Å². The van der Waals surface area contributed by atoms with Crippen molar-refractivity contribution >= 4 is 11.6 Å². The quantitative estimate of drug-likeness (QED) is 0.747. The van der Waals surface area contributed by atoms with Gasteiger partial charge in [-0.1, -0.05) is 44.4 Å². The highest BCUT2D eigenvalue weighted by Crippen LogP contribution is 2.50. The number of hydrogen-bond acceptors (Lipinski definition) is 1. The molecule has 1 aliphatic carbocycles. The number of hydrogen-bond donors (Lipinski definition) is 1. The molecule has 1 nitrogen and oxygen atoms in total. The summed E-state index contributed by atoms with van der Waals surface area (Å²) in [6.45, 7) is 9.90. The minimum absolute atomic E-state index is 0.432. The standard InChI is InChI=1S/C18H28ClN/c1-5-18(9-7-8-10-18)17(20-6-2)15-11-14(4)16(19)12-13(15)3/h11-12,17,20H,5-10H2,1-4H3. The maximum Gasteiger partial charge on any atom is 0.0438 e. The largest absolute Gasteiger partial charge is 0.310 e. The third-order valence-corrected chi connectivity index (χ3v) is 5.59. The highest BCUT2D eigenvalue weighted by molar-refractivity contribution is 6.31. The molecule has 1 saturated carbocycles. The highest BCUT2D eigenvalue weighted by atomic mass is 35.5. The van der Waals surface area contributed by atoms with Gasteiger partial charge in [-0.15, -0.1) is 0 Å². The lowest BCUT2D eigenvalue weighted by atomic mass is 9.72. The third kappa shape index (κ3) is 2.89. The molecule has 1 aromatic carbocycles. The summed E-state index contributed by atoms with van der Waals surface area (Å²) in [5, 5.41) is 4.66. The minimum atomic E-state index is 0.432. The molecule has 0 aromatic heterocycles. The Morgan fingerprint density at radius 1 is 1.15 bits per heavy atom. The monoisotopic (exact) mass is 293 g/mol. The average molecular weight is 294 g/mol. The number of halogens is 1. The zero-order valence-electron chi connectivity index (χ0n) is 13.4. The second kappa shape index (κ2) is 6.49. The molecule has 0 spiro atoms. The second-order valence-corrected chi connectivity index (χ2v) is 6.78. The SMILES string of the molecule is CCNC(c1cc(C)c(Cl)cc1C)C1(CC)CCCC1. The Hall–Kier alpha value is -0.530. The molecule has 112 valence electrons. The fourth-order valence-corrected chi connectivity index (χ4v) is 4.12. The van der Waals surface area contributed by atoms with Crippen LogP contribution in [0.3, 0.4) is 0 Å². The van der Waals surface area contributed by atoms with E-state index in [4.69, 9.17) is 11.6 Å². The van der Waals surface area contributed by atoms with Gasteiger partial charge in [-0.2, -0.15) is 0 Å². The first-order valence-electron chi connectivity index (χ1n) is 8.04. The van der Waals surface area contributed by atoms with Crippen molar-refractivity contribution in [3.05, 3.63) is 33.8 Å². The third-order valence-electron chi connectivity index (χ3n) is 5.18. The van der Waals surface area contributed by atoms with Crippen molar-refractivity contribution in [1.82, 2.24) is 5.32 Å². The molecule has 1 aromatic rings. The molecule has 0 heterocycles. The van der Waals surface area contributed by atoms with Gasteiger partial charge in [-0.05, 0) is 67.8 Å². The van der Waals surface area contributed by atoms with Crippen LogP contribution in [0.2, 0.25) is 5.02 Å². The molecule has 2 heteroatoms. The number of aryl methyl sites for hydroxylation is 2. The molecule has 0 aliphatic heterocycles. The van der Waals surface area contributed by atoms with Crippen LogP contribution in [0.1, 0.15) is 68.7 Å². The van der Waals surface area contributed by atoms with Crippen LogP contribution in [-0.2, 0) is 0 Å². The minimum Gasteiger partial charge on any atom is -0.310 e. The van der Waals surface area contributed by atoms with Crippen molar-refractivity contribution in [2.75, 3.05) is 6.54 Å². The van der Waals surface area contributed by atoms with Crippen LogP contribution >= 0.6 is 11.6 Å². The van der Waals surface area contributed by atoms with Crippen molar-refractivity contribution in [3.63, 3.8) is 0 Å². The van der Waals surface area contributed by atoms with Gasteiger partial charge < -0.3 is 5.32 Å². The summed E-state index contributed by atoms with van der Waals surface area (Å²) in [7, 11) is 0. The van der Waals surface area contributed by atoms with Crippen LogP contribution in [0, 0.1) is 19.3 Å². The maximum absolute atomic E-state index is 6.28. The lowest BCUT2D eigenvalue weighted by Gasteiger charge is -2.39. The Morgan fingerprint density at radius 2 is 1.80 bits per heavy atom. The zero-order valence-corrected chi connectivity index (χ0v) is 14.1. The topological polar surface area (TPSA) is 12.0 Å². The number of nitrogens with one attached hydrogen (secondary N) is 1. The molecule has 0 amide bonds. The van der Waals surface area contributed by atoms with E-state index in [2.05, 4.69) is 45.1 Å². The lowest BCUT2D eigenvalue weighted by molar-refractivity contribution is 0.188. The summed E-state index contributed by atoms with van der Waals surface area (Å²) >= 11 is 6.28. The van der Waals surface area contributed by atoms with Crippen LogP contribution in [0.4, 0.5) is 0 Å². The van der Waals surface area contributed by atoms with Gasteiger partial charge in [0.2, 0.25) is 0 Å². The number of rotatable bonds is 5. The van der Waals surface area contributed by atoms with E-state index in [1.54, 1.807) is 0 Å². The van der Waals surface area contributed by atoms with E-state index in [-0.39, 0.29) is 0 Å². The Balaban J connectivity index is 2.45. The molecule has 1 fully saturated rings. The van der Waals surface area contributed by atoms with Crippen molar-refractivity contribution in [1.29, 1.82) is 0 Å². The fraction of sp³-hybridized carbons (Fsp3) is 0.667. The first kappa shape index (κ1) is 15.9. The molecule has 20 heavy (non-hydrogen) atoms. The molecular formula is C18H28ClN. The van der Waals surface area contributed by atoms with E-state index >= 15 is 0 Å². The van der Waals surface area contributed by atoms with E-state index in [0.29, 0.717) is 11.5 Å². The van der Waals surface area contributed by atoms with Gasteiger partial charge in [0.15, 0.2) is 0 Å². The van der Waals surface area contributed by atoms with E-state index in [1.165, 1.54) is 48.8 Å². The summed E-state index contributed by atoms with van der Waals surface area (Å²) in [4.78, 5) is 0. The van der Waals surface area contributed by atoms with Crippen LogP contribution in [0.5, 0.6) is 0 Å². The molecule has 0 bridgehead atoms. The smallest absolute Gasteiger partial charge is 0.0438 e. The molecule has 0 saturated heterocycles. The maximum atomic E-state index is 6.28. The van der Waals surface area contributed by atoms with Gasteiger partial charge in [0.1, 0.15) is 0 Å².